The quantitative estimate of drug-likeness (QED) is 0.193. The molecule has 0 spiro atoms. The third-order valence-corrected chi connectivity index (χ3v) is 7.96. The van der Waals surface area contributed by atoms with Gasteiger partial charge >= 0.3 is 0 Å². The number of nitrogens with zero attached hydrogens (tertiary/aromatic N) is 5. The molecular weight excluding hydrogens is 562 g/mol. The highest BCUT2D eigenvalue weighted by molar-refractivity contribution is 6.02. The van der Waals surface area contributed by atoms with Crippen molar-refractivity contribution in [2.75, 3.05) is 0 Å². The van der Waals surface area contributed by atoms with Crippen LogP contribution in [0, 0.1) is 0 Å². The molecule has 8 aromatic rings. The molecule has 2 heterocycles. The molecule has 0 saturated heterocycles. The minimum atomic E-state index is 0.559. The van der Waals surface area contributed by atoms with Crippen LogP contribution in [0.5, 0.6) is 0 Å². The van der Waals surface area contributed by atoms with E-state index in [1.807, 2.05) is 109 Å². The van der Waals surface area contributed by atoms with Crippen molar-refractivity contribution in [2.24, 2.45) is 0 Å². The molecule has 0 saturated carbocycles. The Bertz CT molecular complexity index is 2170. The Morgan fingerprint density at radius 3 is 1.26 bits per heavy atom. The van der Waals surface area contributed by atoms with Crippen LogP contribution in [-0.4, -0.2) is 24.9 Å². The smallest absolute Gasteiger partial charge is 0.164 e. The molecule has 0 N–H and O–H groups in total. The number of rotatable bonds is 6. The Labute approximate surface area is 267 Å². The van der Waals surface area contributed by atoms with Crippen molar-refractivity contribution in [2.45, 2.75) is 0 Å². The first-order valence-electron chi connectivity index (χ1n) is 15.2. The van der Waals surface area contributed by atoms with Crippen LogP contribution in [0.4, 0.5) is 0 Å². The first kappa shape index (κ1) is 27.2. The largest absolute Gasteiger partial charge is 0.228 e. The van der Waals surface area contributed by atoms with Gasteiger partial charge in [0.2, 0.25) is 0 Å². The number of aromatic nitrogens is 5. The summed E-state index contributed by atoms with van der Waals surface area (Å²) in [5.74, 6) is 2.37. The van der Waals surface area contributed by atoms with Crippen LogP contribution in [-0.2, 0) is 0 Å². The lowest BCUT2D eigenvalue weighted by Gasteiger charge is -2.15. The van der Waals surface area contributed by atoms with Gasteiger partial charge in [-0.3, -0.25) is 0 Å². The highest BCUT2D eigenvalue weighted by atomic mass is 15.0. The first-order valence-corrected chi connectivity index (χ1v) is 15.2. The van der Waals surface area contributed by atoms with Gasteiger partial charge in [-0.05, 0) is 22.9 Å². The van der Waals surface area contributed by atoms with E-state index >= 15 is 0 Å². The van der Waals surface area contributed by atoms with Crippen molar-refractivity contribution in [3.8, 4) is 68.1 Å². The second kappa shape index (κ2) is 12.0. The summed E-state index contributed by atoms with van der Waals surface area (Å²) in [5.41, 5.74) is 7.25. The molecule has 0 aliphatic carbocycles. The SMILES string of the molecule is c1ccc(-c2cc(-c3ccccc3)nc(-c3c(-c4nc(-c5ccccc5)nc(-c5ccccc5)n4)ccc4ccccc34)n2)cc1. The van der Waals surface area contributed by atoms with Crippen LogP contribution in [0.1, 0.15) is 0 Å². The van der Waals surface area contributed by atoms with Gasteiger partial charge in [0.15, 0.2) is 23.3 Å². The van der Waals surface area contributed by atoms with Crippen molar-refractivity contribution >= 4 is 10.8 Å². The highest BCUT2D eigenvalue weighted by Gasteiger charge is 2.21. The van der Waals surface area contributed by atoms with E-state index < -0.39 is 0 Å². The molecule has 46 heavy (non-hydrogen) atoms. The van der Waals surface area contributed by atoms with Crippen molar-refractivity contribution in [3.63, 3.8) is 0 Å². The molecule has 0 aliphatic rings. The van der Waals surface area contributed by atoms with E-state index in [1.165, 1.54) is 0 Å². The van der Waals surface area contributed by atoms with E-state index in [0.29, 0.717) is 23.3 Å². The maximum Gasteiger partial charge on any atom is 0.164 e. The van der Waals surface area contributed by atoms with E-state index in [-0.39, 0.29) is 0 Å². The monoisotopic (exact) mass is 589 g/mol. The number of fused-ring (bicyclic) bond motifs is 1. The van der Waals surface area contributed by atoms with Crippen LogP contribution in [0.2, 0.25) is 0 Å². The van der Waals surface area contributed by atoms with Crippen LogP contribution in [0.25, 0.3) is 78.8 Å². The fraction of sp³-hybridized carbons (Fsp3) is 0. The lowest BCUT2D eigenvalue weighted by atomic mass is 9.96. The van der Waals surface area contributed by atoms with Gasteiger partial charge in [0.05, 0.1) is 11.4 Å². The van der Waals surface area contributed by atoms with Crippen LogP contribution >= 0.6 is 0 Å². The van der Waals surface area contributed by atoms with Crippen molar-refractivity contribution in [3.05, 3.63) is 164 Å². The van der Waals surface area contributed by atoms with Gasteiger partial charge in [0.1, 0.15) is 0 Å². The zero-order chi connectivity index (χ0) is 30.7. The summed E-state index contributed by atoms with van der Waals surface area (Å²) in [5, 5.41) is 2.10. The summed E-state index contributed by atoms with van der Waals surface area (Å²) < 4.78 is 0. The van der Waals surface area contributed by atoms with Gasteiger partial charge in [-0.15, -0.1) is 0 Å². The summed E-state index contributed by atoms with van der Waals surface area (Å²) in [7, 11) is 0. The molecule has 0 fully saturated rings. The molecule has 5 nitrogen and oxygen atoms in total. The Balaban J connectivity index is 1.43. The maximum atomic E-state index is 5.21. The highest BCUT2D eigenvalue weighted by Crippen LogP contribution is 2.38. The molecule has 0 unspecified atom stereocenters. The predicted molar refractivity (Wildman–Crippen MR) is 186 cm³/mol. The molecule has 6 aromatic carbocycles. The van der Waals surface area contributed by atoms with Gasteiger partial charge in [0.25, 0.3) is 0 Å². The Morgan fingerprint density at radius 2 is 0.739 bits per heavy atom. The molecule has 5 heteroatoms. The van der Waals surface area contributed by atoms with Crippen LogP contribution in [0.15, 0.2) is 164 Å². The molecule has 2 aromatic heterocycles. The fourth-order valence-electron chi connectivity index (χ4n) is 5.70. The van der Waals surface area contributed by atoms with Gasteiger partial charge in [-0.1, -0.05) is 152 Å². The molecule has 0 atom stereocenters. The van der Waals surface area contributed by atoms with Gasteiger partial charge in [-0.25, -0.2) is 24.9 Å². The van der Waals surface area contributed by atoms with E-state index in [0.717, 1.165) is 55.5 Å². The summed E-state index contributed by atoms with van der Waals surface area (Å²) in [6.07, 6.45) is 0. The van der Waals surface area contributed by atoms with Crippen LogP contribution in [0.3, 0.4) is 0 Å². The molecule has 8 rings (SSSR count). The Morgan fingerprint density at radius 1 is 0.304 bits per heavy atom. The Kier molecular flexibility index (Phi) is 7.09. The fourth-order valence-corrected chi connectivity index (χ4v) is 5.70. The van der Waals surface area contributed by atoms with Crippen molar-refractivity contribution in [1.29, 1.82) is 0 Å². The van der Waals surface area contributed by atoms with Gasteiger partial charge in [-0.2, -0.15) is 0 Å². The zero-order valence-corrected chi connectivity index (χ0v) is 24.8. The standard InChI is InChI=1S/C41H27N5/c1-5-16-29(17-6-1)35-27-36(30-18-7-2-8-19-30)43-41(42-35)37-33-24-14-13-15-28(33)25-26-34(37)40-45-38(31-20-9-3-10-21-31)44-39(46-40)32-22-11-4-12-23-32/h1-27H. The van der Waals surface area contributed by atoms with E-state index in [2.05, 4.69) is 54.6 Å². The van der Waals surface area contributed by atoms with E-state index in [4.69, 9.17) is 24.9 Å². The lowest BCUT2D eigenvalue weighted by molar-refractivity contribution is 1.07. The third kappa shape index (κ3) is 5.31. The average Bonchev–Trinajstić information content (AvgIpc) is 3.15. The van der Waals surface area contributed by atoms with Gasteiger partial charge < -0.3 is 0 Å². The van der Waals surface area contributed by atoms with E-state index in [9.17, 15) is 0 Å². The van der Waals surface area contributed by atoms with Crippen LogP contribution < -0.4 is 0 Å². The molecule has 0 amide bonds. The number of benzene rings is 6. The lowest BCUT2D eigenvalue weighted by Crippen LogP contribution is -2.03. The molecular formula is C41H27N5. The Hall–Kier alpha value is -6.33. The van der Waals surface area contributed by atoms with Crippen molar-refractivity contribution < 1.29 is 0 Å². The summed E-state index contributed by atoms with van der Waals surface area (Å²) in [6, 6.07) is 55.1. The second-order valence-corrected chi connectivity index (χ2v) is 10.9. The third-order valence-electron chi connectivity index (χ3n) is 7.96. The predicted octanol–water partition coefficient (Wildman–Crippen LogP) is 9.82. The van der Waals surface area contributed by atoms with E-state index in [1.54, 1.807) is 0 Å². The van der Waals surface area contributed by atoms with Crippen molar-refractivity contribution in [1.82, 2.24) is 24.9 Å². The minimum Gasteiger partial charge on any atom is -0.228 e. The minimum absolute atomic E-state index is 0.559. The maximum absolute atomic E-state index is 5.21. The number of hydrogen-bond acceptors (Lipinski definition) is 5. The second-order valence-electron chi connectivity index (χ2n) is 10.9. The normalized spacial score (nSPS) is 11.0. The summed E-state index contributed by atoms with van der Waals surface area (Å²) in [4.78, 5) is 25.5. The first-order chi connectivity index (χ1) is 22.8. The molecule has 0 aliphatic heterocycles. The summed E-state index contributed by atoms with van der Waals surface area (Å²) >= 11 is 0. The molecule has 0 bridgehead atoms. The van der Waals surface area contributed by atoms with Gasteiger partial charge in [0, 0.05) is 33.4 Å². The molecule has 216 valence electrons. The zero-order valence-electron chi connectivity index (χ0n) is 24.8. The summed E-state index contributed by atoms with van der Waals surface area (Å²) in [6.45, 7) is 0. The number of hydrogen-bond donors (Lipinski definition) is 0. The molecule has 0 radical (unpaired) electrons. The average molecular weight is 590 g/mol. The topological polar surface area (TPSA) is 64.5 Å².